The number of methoxy groups -OCH3 is 1. The van der Waals surface area contributed by atoms with Crippen LogP contribution in [0.2, 0.25) is 0 Å². The van der Waals surface area contributed by atoms with Crippen LogP contribution in [0.4, 0.5) is 0 Å². The van der Waals surface area contributed by atoms with Gasteiger partial charge in [-0.25, -0.2) is 0 Å². The Bertz CT molecular complexity index is 323. The molecule has 14 heavy (non-hydrogen) atoms. The van der Waals surface area contributed by atoms with Gasteiger partial charge in [-0.1, -0.05) is 41.1 Å². The van der Waals surface area contributed by atoms with E-state index < -0.39 is 0 Å². The zero-order valence-electron chi connectivity index (χ0n) is 8.29. The monoisotopic (exact) mass is 256 g/mol. The molecule has 1 rings (SSSR count). The Balaban J connectivity index is 3.01. The predicted molar refractivity (Wildman–Crippen MR) is 59.2 cm³/mol. The lowest BCUT2D eigenvalue weighted by atomic mass is 9.97. The Labute approximate surface area is 92.4 Å². The van der Waals surface area contributed by atoms with E-state index in [0.717, 1.165) is 16.5 Å². The Morgan fingerprint density at radius 3 is 2.64 bits per heavy atom. The Morgan fingerprint density at radius 1 is 1.50 bits per heavy atom. The standard InChI is InChI=1S/C11H13BrO2/c1-3-8(11(13)14-2)9-6-4-5-7-10(9)12/h4-8H,3H2,1-2H3. The quantitative estimate of drug-likeness (QED) is 0.777. The average molecular weight is 257 g/mol. The van der Waals surface area contributed by atoms with Crippen LogP contribution in [0.3, 0.4) is 0 Å². The zero-order chi connectivity index (χ0) is 10.6. The fourth-order valence-corrected chi connectivity index (χ4v) is 1.97. The minimum Gasteiger partial charge on any atom is -0.469 e. The van der Waals surface area contributed by atoms with Gasteiger partial charge in [0.05, 0.1) is 13.0 Å². The summed E-state index contributed by atoms with van der Waals surface area (Å²) in [6.45, 7) is 1.97. The summed E-state index contributed by atoms with van der Waals surface area (Å²) in [5.74, 6) is -0.352. The first kappa shape index (κ1) is 11.2. The van der Waals surface area contributed by atoms with Crippen molar-refractivity contribution in [1.29, 1.82) is 0 Å². The van der Waals surface area contributed by atoms with Crippen LogP contribution >= 0.6 is 15.9 Å². The molecule has 3 heteroatoms. The molecule has 1 aromatic rings. The maximum Gasteiger partial charge on any atom is 0.313 e. The molecule has 76 valence electrons. The second-order valence-corrected chi connectivity index (χ2v) is 3.86. The molecule has 0 radical (unpaired) electrons. The van der Waals surface area contributed by atoms with Crippen molar-refractivity contribution in [2.75, 3.05) is 7.11 Å². The summed E-state index contributed by atoms with van der Waals surface area (Å²) in [7, 11) is 1.42. The lowest BCUT2D eigenvalue weighted by molar-refractivity contribution is -0.142. The molecule has 1 unspecified atom stereocenters. The average Bonchev–Trinajstić information content (AvgIpc) is 2.21. The van der Waals surface area contributed by atoms with E-state index in [1.54, 1.807) is 0 Å². The summed E-state index contributed by atoms with van der Waals surface area (Å²) in [5.41, 5.74) is 0.988. The van der Waals surface area contributed by atoms with Gasteiger partial charge in [-0.2, -0.15) is 0 Å². The van der Waals surface area contributed by atoms with Gasteiger partial charge < -0.3 is 4.74 Å². The number of hydrogen-bond acceptors (Lipinski definition) is 2. The highest BCUT2D eigenvalue weighted by Gasteiger charge is 2.20. The Hall–Kier alpha value is -0.830. The molecule has 0 N–H and O–H groups in total. The van der Waals surface area contributed by atoms with Gasteiger partial charge in [0.2, 0.25) is 0 Å². The van der Waals surface area contributed by atoms with Crippen molar-refractivity contribution in [2.24, 2.45) is 0 Å². The lowest BCUT2D eigenvalue weighted by Crippen LogP contribution is -2.13. The molecule has 1 atom stereocenters. The first-order valence-corrected chi connectivity index (χ1v) is 5.32. The van der Waals surface area contributed by atoms with Gasteiger partial charge in [-0.3, -0.25) is 4.79 Å². The molecule has 0 spiro atoms. The maximum absolute atomic E-state index is 11.5. The molecule has 0 aliphatic heterocycles. The van der Waals surface area contributed by atoms with Crippen LogP contribution in [0.1, 0.15) is 24.8 Å². The van der Waals surface area contributed by atoms with E-state index in [4.69, 9.17) is 4.74 Å². The molecule has 0 heterocycles. The highest BCUT2D eigenvalue weighted by atomic mass is 79.9. The highest BCUT2D eigenvalue weighted by molar-refractivity contribution is 9.10. The number of rotatable bonds is 3. The third-order valence-electron chi connectivity index (χ3n) is 2.17. The van der Waals surface area contributed by atoms with E-state index in [1.165, 1.54) is 7.11 Å². The van der Waals surface area contributed by atoms with Crippen LogP contribution in [0.15, 0.2) is 28.7 Å². The van der Waals surface area contributed by atoms with Crippen LogP contribution in [0, 0.1) is 0 Å². The second-order valence-electron chi connectivity index (χ2n) is 3.01. The normalized spacial score (nSPS) is 12.2. The number of halogens is 1. The van der Waals surface area contributed by atoms with E-state index in [1.807, 2.05) is 31.2 Å². The molecular formula is C11H13BrO2. The van der Waals surface area contributed by atoms with Gasteiger partial charge in [-0.05, 0) is 18.1 Å². The van der Waals surface area contributed by atoms with Gasteiger partial charge in [0.25, 0.3) is 0 Å². The SMILES string of the molecule is CCC(C(=O)OC)c1ccccc1Br. The van der Waals surface area contributed by atoms with Gasteiger partial charge in [0.1, 0.15) is 0 Å². The molecule has 0 fully saturated rings. The van der Waals surface area contributed by atoms with E-state index >= 15 is 0 Å². The summed E-state index contributed by atoms with van der Waals surface area (Å²) < 4.78 is 5.71. The third kappa shape index (κ3) is 2.35. The van der Waals surface area contributed by atoms with E-state index in [9.17, 15) is 4.79 Å². The van der Waals surface area contributed by atoms with Gasteiger partial charge in [-0.15, -0.1) is 0 Å². The molecule has 0 saturated carbocycles. The topological polar surface area (TPSA) is 26.3 Å². The number of ether oxygens (including phenoxy) is 1. The van der Waals surface area contributed by atoms with E-state index in [-0.39, 0.29) is 11.9 Å². The first-order chi connectivity index (χ1) is 6.70. The lowest BCUT2D eigenvalue weighted by Gasteiger charge is -2.13. The second kappa shape index (κ2) is 5.15. The summed E-state index contributed by atoms with van der Waals surface area (Å²) in [6, 6.07) is 7.72. The van der Waals surface area contributed by atoms with E-state index in [0.29, 0.717) is 0 Å². The fourth-order valence-electron chi connectivity index (χ4n) is 1.41. The Morgan fingerprint density at radius 2 is 2.14 bits per heavy atom. The number of esters is 1. The van der Waals surface area contributed by atoms with E-state index in [2.05, 4.69) is 15.9 Å². The van der Waals surface area contributed by atoms with Crippen molar-refractivity contribution in [3.05, 3.63) is 34.3 Å². The highest BCUT2D eigenvalue weighted by Crippen LogP contribution is 2.27. The predicted octanol–water partition coefficient (Wildman–Crippen LogP) is 3.12. The molecule has 1 aromatic carbocycles. The first-order valence-electron chi connectivity index (χ1n) is 4.53. The minimum absolute atomic E-state index is 0.171. The fraction of sp³-hybridized carbons (Fsp3) is 0.364. The van der Waals surface area contributed by atoms with Crippen molar-refractivity contribution >= 4 is 21.9 Å². The zero-order valence-corrected chi connectivity index (χ0v) is 9.87. The van der Waals surface area contributed by atoms with Gasteiger partial charge in [0.15, 0.2) is 0 Å². The van der Waals surface area contributed by atoms with Crippen LogP contribution in [-0.4, -0.2) is 13.1 Å². The number of carbonyl (C=O) groups excluding carboxylic acids is 1. The maximum atomic E-state index is 11.5. The molecule has 0 amide bonds. The molecule has 2 nitrogen and oxygen atoms in total. The largest absolute Gasteiger partial charge is 0.469 e. The van der Waals surface area contributed by atoms with Crippen molar-refractivity contribution in [3.8, 4) is 0 Å². The molecule has 0 aromatic heterocycles. The minimum atomic E-state index is -0.181. The molecule has 0 aliphatic rings. The number of carbonyl (C=O) groups is 1. The van der Waals surface area contributed by atoms with Crippen LogP contribution in [-0.2, 0) is 9.53 Å². The van der Waals surface area contributed by atoms with Crippen molar-refractivity contribution in [3.63, 3.8) is 0 Å². The van der Waals surface area contributed by atoms with Crippen molar-refractivity contribution in [2.45, 2.75) is 19.3 Å². The van der Waals surface area contributed by atoms with Crippen molar-refractivity contribution < 1.29 is 9.53 Å². The van der Waals surface area contributed by atoms with Crippen LogP contribution in [0.5, 0.6) is 0 Å². The molecule has 0 bridgehead atoms. The summed E-state index contributed by atoms with van der Waals surface area (Å²) in [6.07, 6.45) is 0.745. The summed E-state index contributed by atoms with van der Waals surface area (Å²) in [5, 5.41) is 0. The molecule has 0 saturated heterocycles. The van der Waals surface area contributed by atoms with Crippen LogP contribution < -0.4 is 0 Å². The smallest absolute Gasteiger partial charge is 0.313 e. The van der Waals surface area contributed by atoms with Crippen LogP contribution in [0.25, 0.3) is 0 Å². The Kier molecular flexibility index (Phi) is 4.14. The van der Waals surface area contributed by atoms with Gasteiger partial charge >= 0.3 is 5.97 Å². The van der Waals surface area contributed by atoms with Crippen molar-refractivity contribution in [1.82, 2.24) is 0 Å². The molecular weight excluding hydrogens is 244 g/mol. The number of hydrogen-bond donors (Lipinski definition) is 0. The summed E-state index contributed by atoms with van der Waals surface area (Å²) in [4.78, 5) is 11.5. The van der Waals surface area contributed by atoms with Gasteiger partial charge in [0, 0.05) is 4.47 Å². The molecule has 0 aliphatic carbocycles. The summed E-state index contributed by atoms with van der Waals surface area (Å²) >= 11 is 3.43. The third-order valence-corrected chi connectivity index (χ3v) is 2.90. The number of benzene rings is 1.